The predicted molar refractivity (Wildman–Crippen MR) is 168 cm³/mol. The minimum absolute atomic E-state index is 0.703. The third-order valence-electron chi connectivity index (χ3n) is 8.72. The summed E-state index contributed by atoms with van der Waals surface area (Å²) in [5.74, 6) is 0. The first-order valence-electron chi connectivity index (χ1n) is 16.0. The molecule has 0 atom stereocenters. The van der Waals surface area contributed by atoms with E-state index in [2.05, 4.69) is 74.5 Å². The van der Waals surface area contributed by atoms with Crippen LogP contribution in [0.25, 0.3) is 0 Å². The molecule has 0 radical (unpaired) electrons. The van der Waals surface area contributed by atoms with Gasteiger partial charge in [-0.25, -0.2) is 0 Å². The molecule has 0 amide bonds. The standard InChI is InChI=1S/C20H41OSi.3C4H9.Sn/c1-8-9-10-11-12-13-14-15-16-17-21-22(18(2)3,19(4)5)20(6)7;3*1-3-4-2;/h8-9,18-20H,1,10-17H2,2-7H3;3*1,3-4H2,2H3;/b9-8+;;;;. The molecule has 35 heavy (non-hydrogen) atoms. The molecule has 0 aliphatic heterocycles. The van der Waals surface area contributed by atoms with Crippen molar-refractivity contribution < 1.29 is 4.43 Å². The van der Waals surface area contributed by atoms with Crippen LogP contribution in [0, 0.1) is 0 Å². The van der Waals surface area contributed by atoms with Crippen molar-refractivity contribution in [2.24, 2.45) is 0 Å². The molecule has 0 unspecified atom stereocenters. The SMILES string of the molecule is CCC[CH2][Sn]([CH2]/C=C/CCCCCCCCO[Si](C(C)C)(C(C)C)C(C)C)([CH2]CCC)[CH2]CCC. The second-order valence-corrected chi connectivity index (χ2v) is 32.0. The van der Waals surface area contributed by atoms with Gasteiger partial charge in [-0.05, 0) is 16.6 Å². The van der Waals surface area contributed by atoms with Crippen molar-refractivity contribution in [2.75, 3.05) is 6.61 Å². The van der Waals surface area contributed by atoms with Gasteiger partial charge in [0.15, 0.2) is 8.32 Å². The van der Waals surface area contributed by atoms with Crippen molar-refractivity contribution in [1.82, 2.24) is 0 Å². The Hall–Kier alpha value is 0.716. The van der Waals surface area contributed by atoms with Crippen LogP contribution in [0.15, 0.2) is 12.2 Å². The third-order valence-corrected chi connectivity index (χ3v) is 30.1. The maximum atomic E-state index is 6.72. The van der Waals surface area contributed by atoms with Gasteiger partial charge in [0.2, 0.25) is 0 Å². The van der Waals surface area contributed by atoms with Crippen LogP contribution in [0.4, 0.5) is 0 Å². The molecule has 3 heteroatoms. The van der Waals surface area contributed by atoms with Crippen molar-refractivity contribution in [3.8, 4) is 0 Å². The molecule has 0 saturated carbocycles. The van der Waals surface area contributed by atoms with Gasteiger partial charge < -0.3 is 0 Å². The number of unbranched alkanes of at least 4 members (excludes halogenated alkanes) is 9. The Kier molecular flexibility index (Phi) is 22.1. The van der Waals surface area contributed by atoms with Crippen LogP contribution < -0.4 is 0 Å². The Balaban J connectivity index is 4.21. The van der Waals surface area contributed by atoms with E-state index in [1.54, 1.807) is 13.3 Å². The monoisotopic (exact) mass is 616 g/mol. The number of hydrogen-bond donors (Lipinski definition) is 0. The quantitative estimate of drug-likeness (QED) is 0.0596. The Labute approximate surface area is 229 Å². The summed E-state index contributed by atoms with van der Waals surface area (Å²) in [4.78, 5) is 0. The molecule has 0 saturated heterocycles. The zero-order valence-electron chi connectivity index (χ0n) is 26.0. The van der Waals surface area contributed by atoms with Crippen LogP contribution in [0.1, 0.15) is 146 Å². The molecule has 1 nitrogen and oxygen atoms in total. The van der Waals surface area contributed by atoms with Crippen LogP contribution in [0.5, 0.6) is 0 Å². The molecule has 0 heterocycles. The van der Waals surface area contributed by atoms with Crippen LogP contribution in [-0.2, 0) is 4.43 Å². The van der Waals surface area contributed by atoms with E-state index < -0.39 is 26.7 Å². The molecular formula is C32H68OSiSn. The van der Waals surface area contributed by atoms with Gasteiger partial charge in [-0.1, -0.05) is 41.5 Å². The predicted octanol–water partition coefficient (Wildman–Crippen LogP) is 12.3. The van der Waals surface area contributed by atoms with Gasteiger partial charge in [0, 0.05) is 0 Å². The van der Waals surface area contributed by atoms with Gasteiger partial charge in [-0.2, -0.15) is 0 Å². The number of allylic oxidation sites excluding steroid dienone is 2. The summed E-state index contributed by atoms with van der Waals surface area (Å²) < 4.78 is 13.2. The molecule has 210 valence electrons. The minimum atomic E-state index is -1.94. The zero-order chi connectivity index (χ0) is 26.6. The summed E-state index contributed by atoms with van der Waals surface area (Å²) in [5, 5.41) is 0. The fourth-order valence-corrected chi connectivity index (χ4v) is 27.3. The van der Waals surface area contributed by atoms with Crippen molar-refractivity contribution in [3.05, 3.63) is 12.2 Å². The third kappa shape index (κ3) is 14.4. The average Bonchev–Trinajstić information content (AvgIpc) is 2.82. The topological polar surface area (TPSA) is 9.23 Å². The fraction of sp³-hybridized carbons (Fsp3) is 0.938. The van der Waals surface area contributed by atoms with E-state index in [0.29, 0.717) is 16.6 Å². The number of hydrogen-bond acceptors (Lipinski definition) is 1. The van der Waals surface area contributed by atoms with Crippen molar-refractivity contribution in [1.29, 1.82) is 0 Å². The second kappa shape index (κ2) is 21.6. The first kappa shape index (κ1) is 35.7. The molecule has 0 aromatic heterocycles. The van der Waals surface area contributed by atoms with Crippen LogP contribution in [0.2, 0.25) is 34.4 Å². The Morgan fingerprint density at radius 1 is 0.571 bits per heavy atom. The summed E-state index contributed by atoms with van der Waals surface area (Å²) in [6.07, 6.45) is 23.4. The summed E-state index contributed by atoms with van der Waals surface area (Å²) in [6.45, 7) is 22.5. The molecule has 0 bridgehead atoms. The van der Waals surface area contributed by atoms with Gasteiger partial charge in [-0.15, -0.1) is 0 Å². The van der Waals surface area contributed by atoms with E-state index in [9.17, 15) is 0 Å². The Morgan fingerprint density at radius 2 is 1.00 bits per heavy atom. The van der Waals surface area contributed by atoms with Gasteiger partial charge in [-0.3, -0.25) is 0 Å². The first-order valence-corrected chi connectivity index (χ1v) is 26.2. The summed E-state index contributed by atoms with van der Waals surface area (Å²) in [7, 11) is -1.66. The Morgan fingerprint density at radius 3 is 1.43 bits per heavy atom. The fourth-order valence-electron chi connectivity index (χ4n) is 6.61. The van der Waals surface area contributed by atoms with Gasteiger partial charge in [0.25, 0.3) is 0 Å². The summed E-state index contributed by atoms with van der Waals surface area (Å²) in [5.41, 5.74) is 2.11. The van der Waals surface area contributed by atoms with E-state index in [1.165, 1.54) is 87.9 Å². The number of rotatable bonds is 24. The molecule has 0 spiro atoms. The molecular weight excluding hydrogens is 547 g/mol. The normalized spacial score (nSPS) is 13.3. The van der Waals surface area contributed by atoms with Crippen molar-refractivity contribution >= 4 is 26.7 Å². The van der Waals surface area contributed by atoms with Gasteiger partial charge in [0.05, 0.1) is 0 Å². The second-order valence-electron chi connectivity index (χ2n) is 12.6. The molecule has 0 aromatic carbocycles. The van der Waals surface area contributed by atoms with Crippen LogP contribution in [-0.4, -0.2) is 33.3 Å². The molecule has 0 rings (SSSR count). The molecule has 0 N–H and O–H groups in total. The zero-order valence-corrected chi connectivity index (χ0v) is 29.9. The van der Waals surface area contributed by atoms with Gasteiger partial charge in [0.1, 0.15) is 0 Å². The Bertz CT molecular complexity index is 456. The van der Waals surface area contributed by atoms with Crippen LogP contribution >= 0.6 is 0 Å². The van der Waals surface area contributed by atoms with Crippen molar-refractivity contribution in [3.63, 3.8) is 0 Å². The average molecular weight is 616 g/mol. The van der Waals surface area contributed by atoms with E-state index in [4.69, 9.17) is 4.43 Å². The molecule has 0 aliphatic rings. The summed E-state index contributed by atoms with van der Waals surface area (Å²) >= 11 is -1.94. The van der Waals surface area contributed by atoms with E-state index >= 15 is 0 Å². The summed E-state index contributed by atoms with van der Waals surface area (Å²) in [6, 6.07) is 0. The van der Waals surface area contributed by atoms with E-state index in [-0.39, 0.29) is 0 Å². The first-order chi connectivity index (χ1) is 16.7. The van der Waals surface area contributed by atoms with Crippen molar-refractivity contribution in [2.45, 2.75) is 180 Å². The molecule has 0 aliphatic carbocycles. The maximum absolute atomic E-state index is 6.72. The van der Waals surface area contributed by atoms with E-state index in [1.807, 2.05) is 0 Å². The molecule has 0 fully saturated rings. The van der Waals surface area contributed by atoms with Crippen LogP contribution in [0.3, 0.4) is 0 Å². The van der Waals surface area contributed by atoms with E-state index in [0.717, 1.165) is 6.61 Å². The molecule has 0 aromatic rings. The van der Waals surface area contributed by atoms with Gasteiger partial charge >= 0.3 is 164 Å².